The second-order valence-corrected chi connectivity index (χ2v) is 21.5. The number of hydrogen-bond donors (Lipinski definition) is 0. The molecule has 2 aliphatic carbocycles. The van der Waals surface area contributed by atoms with Crippen molar-refractivity contribution in [2.24, 2.45) is 0 Å². The molecule has 0 saturated carbocycles. The summed E-state index contributed by atoms with van der Waals surface area (Å²) in [6.45, 7) is 4.37. The van der Waals surface area contributed by atoms with Crippen LogP contribution in [0.5, 0.6) is 0 Å². The summed E-state index contributed by atoms with van der Waals surface area (Å²) in [7, 11) is 0. The van der Waals surface area contributed by atoms with Crippen LogP contribution in [0.15, 0.2) is 162 Å². The van der Waals surface area contributed by atoms with Crippen LogP contribution in [0, 0.1) is 13.8 Å². The summed E-state index contributed by atoms with van der Waals surface area (Å²) < 4.78 is 5.70. The van der Waals surface area contributed by atoms with Gasteiger partial charge in [0, 0.05) is 0 Å². The predicted molar refractivity (Wildman–Crippen MR) is 210 cm³/mol. The van der Waals surface area contributed by atoms with E-state index in [0.29, 0.717) is 0 Å². The van der Waals surface area contributed by atoms with Crippen LogP contribution in [0.2, 0.25) is 0 Å². The molecular weight excluding hydrogens is 659 g/mol. The van der Waals surface area contributed by atoms with Gasteiger partial charge >= 0.3 is 275 Å². The molecule has 0 spiro atoms. The Bertz CT molecular complexity index is 2190. The minimum atomic E-state index is -4.51. The van der Waals surface area contributed by atoms with E-state index in [-0.39, 0.29) is 24.8 Å². The molecule has 238 valence electrons. The fourth-order valence-electron chi connectivity index (χ4n) is 8.09. The van der Waals surface area contributed by atoms with Crippen molar-refractivity contribution in [3.8, 4) is 33.4 Å². The molecule has 2 aliphatic rings. The van der Waals surface area contributed by atoms with E-state index in [9.17, 15) is 0 Å². The number of rotatable bonds is 6. The first-order valence-corrected chi connectivity index (χ1v) is 20.6. The van der Waals surface area contributed by atoms with Gasteiger partial charge in [-0.2, -0.15) is 0 Å². The normalized spacial score (nSPS) is 13.2. The average molecular weight is 700 g/mol. The zero-order chi connectivity index (χ0) is 31.3. The van der Waals surface area contributed by atoms with Crippen LogP contribution in [-0.4, -0.2) is 4.82 Å². The first-order valence-electron chi connectivity index (χ1n) is 16.4. The third-order valence-corrected chi connectivity index (χ3v) is 21.0. The Labute approximate surface area is 298 Å². The van der Waals surface area contributed by atoms with E-state index in [0.717, 1.165) is 12.8 Å². The molecule has 0 aliphatic heterocycles. The van der Waals surface area contributed by atoms with Crippen molar-refractivity contribution >= 4 is 41.2 Å². The number of halogens is 2. The third kappa shape index (κ3) is 5.24. The molecule has 0 amide bonds. The summed E-state index contributed by atoms with van der Waals surface area (Å²) in [4.78, 5) is 5.68. The van der Waals surface area contributed by atoms with Crippen LogP contribution >= 0.6 is 24.8 Å². The molecule has 8 rings (SSSR count). The van der Waals surface area contributed by atoms with E-state index < -0.39 is 14.8 Å². The van der Waals surface area contributed by atoms with E-state index in [4.69, 9.17) is 4.82 Å². The van der Waals surface area contributed by atoms with Gasteiger partial charge in [-0.05, 0) is 0 Å². The Morgan fingerprint density at radius 3 is 1.62 bits per heavy atom. The maximum absolute atomic E-state index is 5.68. The Morgan fingerprint density at radius 1 is 0.542 bits per heavy atom. The van der Waals surface area contributed by atoms with Crippen molar-refractivity contribution < 1.29 is 14.8 Å². The monoisotopic (exact) mass is 698 g/mol. The molecule has 0 unspecified atom stereocenters. The fraction of sp³-hybridized carbons (Fsp3) is 0.0889. The van der Waals surface area contributed by atoms with Gasteiger partial charge in [0.05, 0.1) is 0 Å². The summed E-state index contributed by atoms with van der Waals surface area (Å²) >= 11 is -4.51. The second-order valence-electron chi connectivity index (χ2n) is 13.3. The average Bonchev–Trinajstić information content (AvgIpc) is 3.78. The molecule has 0 aromatic heterocycles. The Kier molecular flexibility index (Phi) is 9.25. The van der Waals surface area contributed by atoms with Gasteiger partial charge in [0.25, 0.3) is 0 Å². The minimum absolute atomic E-state index is 0. The van der Waals surface area contributed by atoms with Crippen molar-refractivity contribution in [3.63, 3.8) is 0 Å². The van der Waals surface area contributed by atoms with Crippen LogP contribution in [0.3, 0.4) is 0 Å². The van der Waals surface area contributed by atoms with Crippen molar-refractivity contribution in [3.05, 3.63) is 184 Å². The Hall–Kier alpha value is -4.04. The number of allylic oxidation sites excluding steroid dienone is 4. The van der Waals surface area contributed by atoms with Gasteiger partial charge in [0.2, 0.25) is 0 Å². The van der Waals surface area contributed by atoms with Gasteiger partial charge in [-0.1, -0.05) is 0 Å². The summed E-state index contributed by atoms with van der Waals surface area (Å²) in [6, 6.07) is 52.6. The standard InChI is InChI=1S/C25H17.2C7H7.C5H5.CH2.2ClH.Ti/c1-3-7-18(8-4-1)20-11-13-22-15-23-14-12-21(17-25(23)24(22)16-20)19-9-5-2-6-10-19;2*1-7-5-3-2-4-6-7;1-2-4-5-3-1;;;;/h1-13,16-17H,15H2;2*3-6H,1H3;1-3H,4H2;1H2;2*1H;. The van der Waals surface area contributed by atoms with Gasteiger partial charge in [-0.15, -0.1) is 24.8 Å². The molecule has 48 heavy (non-hydrogen) atoms. The maximum atomic E-state index is 5.68. The molecule has 6 aromatic rings. The summed E-state index contributed by atoms with van der Waals surface area (Å²) in [6.07, 6.45) is 8.83. The number of benzene rings is 6. The van der Waals surface area contributed by atoms with Crippen LogP contribution < -0.4 is 11.6 Å². The molecule has 0 radical (unpaired) electrons. The predicted octanol–water partition coefficient (Wildman–Crippen LogP) is 10.3. The van der Waals surface area contributed by atoms with E-state index in [1.54, 1.807) is 0 Å². The zero-order valence-electron chi connectivity index (χ0n) is 27.4. The summed E-state index contributed by atoms with van der Waals surface area (Å²) in [5, 5.41) is 0. The quantitative estimate of drug-likeness (QED) is 0.152. The molecule has 0 heterocycles. The van der Waals surface area contributed by atoms with Gasteiger partial charge in [-0.3, -0.25) is 0 Å². The van der Waals surface area contributed by atoms with Crippen LogP contribution in [0.1, 0.15) is 28.7 Å². The first kappa shape index (κ1) is 33.8. The van der Waals surface area contributed by atoms with Crippen molar-refractivity contribution in [1.29, 1.82) is 0 Å². The van der Waals surface area contributed by atoms with Gasteiger partial charge in [0.1, 0.15) is 0 Å². The molecule has 0 fully saturated rings. The van der Waals surface area contributed by atoms with Crippen LogP contribution in [0.25, 0.3) is 33.4 Å². The summed E-state index contributed by atoms with van der Waals surface area (Å²) in [5.74, 6) is 0. The number of aryl methyl sites for hydroxylation is 2. The van der Waals surface area contributed by atoms with Crippen molar-refractivity contribution in [2.45, 2.75) is 26.7 Å². The molecule has 0 saturated heterocycles. The fourth-order valence-corrected chi connectivity index (χ4v) is 17.8. The van der Waals surface area contributed by atoms with Crippen LogP contribution in [-0.2, 0) is 21.3 Å². The SMILES string of the molecule is Cl.Cl.[CH2]=[Ti]([C]1=CC=CC1)([c]1ccc(C)cc1)([c]1ccc(C)cc1)[c]1cc(-c2ccccc2)cc2c1Cc1ccc(-c3ccccc3)cc1-2. The van der Waals surface area contributed by atoms with Crippen molar-refractivity contribution in [2.75, 3.05) is 0 Å². The van der Waals surface area contributed by atoms with Gasteiger partial charge in [0.15, 0.2) is 0 Å². The van der Waals surface area contributed by atoms with E-state index in [1.165, 1.54) is 71.1 Å². The topological polar surface area (TPSA) is 0 Å². The molecule has 0 nitrogen and oxygen atoms in total. The zero-order valence-corrected chi connectivity index (χ0v) is 30.6. The third-order valence-electron chi connectivity index (χ3n) is 10.7. The van der Waals surface area contributed by atoms with Crippen molar-refractivity contribution in [1.82, 2.24) is 0 Å². The Morgan fingerprint density at radius 2 is 1.08 bits per heavy atom. The molecule has 0 atom stereocenters. The van der Waals surface area contributed by atoms with Gasteiger partial charge < -0.3 is 0 Å². The second kappa shape index (κ2) is 13.1. The summed E-state index contributed by atoms with van der Waals surface area (Å²) in [5.41, 5.74) is 13.1. The van der Waals surface area contributed by atoms with E-state index >= 15 is 0 Å². The van der Waals surface area contributed by atoms with Crippen LogP contribution in [0.4, 0.5) is 0 Å². The molecular formula is C45H40Cl2Ti. The van der Waals surface area contributed by atoms with Gasteiger partial charge in [-0.25, -0.2) is 0 Å². The van der Waals surface area contributed by atoms with E-state index in [1.807, 2.05) is 0 Å². The van der Waals surface area contributed by atoms with E-state index in [2.05, 4.69) is 172 Å². The molecule has 3 heteroatoms. The Balaban J connectivity index is 0.00000201. The first-order chi connectivity index (χ1) is 22.4. The molecule has 0 bridgehead atoms. The molecule has 0 N–H and O–H groups in total. The number of fused-ring (bicyclic) bond motifs is 3. The number of hydrogen-bond acceptors (Lipinski definition) is 0. The molecule has 6 aromatic carbocycles.